The quantitative estimate of drug-likeness (QED) is 0.400. The van der Waals surface area contributed by atoms with Crippen LogP contribution < -0.4 is 0 Å². The third kappa shape index (κ3) is 3.04. The lowest BCUT2D eigenvalue weighted by molar-refractivity contribution is -0.233. The average Bonchev–Trinajstić information content (AvgIpc) is 2.77. The summed E-state index contributed by atoms with van der Waals surface area (Å²) in [5.74, 6) is -0.724. The Morgan fingerprint density at radius 1 is 1.22 bits per heavy atom. The largest absolute Gasteiger partial charge is 0.469 e. The summed E-state index contributed by atoms with van der Waals surface area (Å²) in [5, 5.41) is 0. The molecule has 106 valence electrons. The van der Waals surface area contributed by atoms with Gasteiger partial charge < -0.3 is 14.2 Å². The van der Waals surface area contributed by atoms with E-state index in [0.717, 1.165) is 25.7 Å². The minimum Gasteiger partial charge on any atom is -0.469 e. The summed E-state index contributed by atoms with van der Waals surface area (Å²) in [6, 6.07) is 0. The number of carbonyl (C=O) groups is 1. The zero-order valence-electron chi connectivity index (χ0n) is 12.0. The maximum atomic E-state index is 11.8. The van der Waals surface area contributed by atoms with Crippen LogP contribution in [0.25, 0.3) is 0 Å². The van der Waals surface area contributed by atoms with Crippen molar-refractivity contribution in [1.29, 1.82) is 0 Å². The summed E-state index contributed by atoms with van der Waals surface area (Å²) in [5.41, 5.74) is 0. The van der Waals surface area contributed by atoms with Crippen molar-refractivity contribution in [3.8, 4) is 0 Å². The molecule has 2 atom stereocenters. The number of carbonyl (C=O) groups excluding carboxylic acids is 1. The van der Waals surface area contributed by atoms with Crippen LogP contribution in [-0.2, 0) is 19.0 Å². The molecule has 1 saturated carbocycles. The van der Waals surface area contributed by atoms with Gasteiger partial charge in [0, 0.05) is 26.6 Å². The Labute approximate surface area is 110 Å². The molecule has 1 rings (SSSR count). The third-order valence-corrected chi connectivity index (χ3v) is 4.17. The highest BCUT2D eigenvalue weighted by Crippen LogP contribution is 2.46. The van der Waals surface area contributed by atoms with Crippen LogP contribution in [0.5, 0.6) is 0 Å². The number of esters is 1. The third-order valence-electron chi connectivity index (χ3n) is 4.17. The minimum absolute atomic E-state index is 0.0910. The Bertz CT molecular complexity index is 261. The predicted octanol–water partition coefficient (Wildman–Crippen LogP) is 2.76. The molecule has 0 aromatic carbocycles. The van der Waals surface area contributed by atoms with Gasteiger partial charge in [0.25, 0.3) is 0 Å². The Kier molecular flexibility index (Phi) is 6.09. The molecular weight excluding hydrogens is 232 g/mol. The van der Waals surface area contributed by atoms with Gasteiger partial charge in [-0.25, -0.2) is 0 Å². The van der Waals surface area contributed by atoms with Gasteiger partial charge in [0.15, 0.2) is 5.79 Å². The molecule has 2 unspecified atom stereocenters. The van der Waals surface area contributed by atoms with Crippen molar-refractivity contribution < 1.29 is 19.0 Å². The van der Waals surface area contributed by atoms with E-state index in [1.807, 2.05) is 0 Å². The molecule has 0 N–H and O–H groups in total. The standard InChI is InChI=1S/C14H26O4/c1-5-6-7-8-12-11(13(15)16-2)9-10-14(12,17-3)18-4/h11-12H,5-10H2,1-4H3. The van der Waals surface area contributed by atoms with E-state index >= 15 is 0 Å². The summed E-state index contributed by atoms with van der Waals surface area (Å²) < 4.78 is 16.1. The number of hydrogen-bond acceptors (Lipinski definition) is 4. The first kappa shape index (κ1) is 15.4. The monoisotopic (exact) mass is 258 g/mol. The number of hydrogen-bond donors (Lipinski definition) is 0. The van der Waals surface area contributed by atoms with Crippen molar-refractivity contribution in [2.45, 2.75) is 51.2 Å². The van der Waals surface area contributed by atoms with E-state index in [-0.39, 0.29) is 17.8 Å². The summed E-state index contributed by atoms with van der Waals surface area (Å²) in [7, 11) is 4.77. The first-order valence-electron chi connectivity index (χ1n) is 6.83. The van der Waals surface area contributed by atoms with E-state index in [0.29, 0.717) is 0 Å². The molecule has 4 heteroatoms. The summed E-state index contributed by atoms with van der Waals surface area (Å²) >= 11 is 0. The van der Waals surface area contributed by atoms with Crippen LogP contribution in [0, 0.1) is 11.8 Å². The second kappa shape index (κ2) is 7.10. The average molecular weight is 258 g/mol. The normalized spacial score (nSPS) is 26.2. The van der Waals surface area contributed by atoms with E-state index in [1.54, 1.807) is 14.2 Å². The van der Waals surface area contributed by atoms with Gasteiger partial charge in [-0.2, -0.15) is 0 Å². The SMILES string of the molecule is CCCCCC1C(C(=O)OC)CCC1(OC)OC. The second-order valence-corrected chi connectivity index (χ2v) is 4.99. The van der Waals surface area contributed by atoms with Gasteiger partial charge in [-0.05, 0) is 12.8 Å². The number of rotatable bonds is 7. The van der Waals surface area contributed by atoms with E-state index < -0.39 is 5.79 Å². The fourth-order valence-corrected chi connectivity index (χ4v) is 3.11. The molecule has 0 radical (unpaired) electrons. The fraction of sp³-hybridized carbons (Fsp3) is 0.929. The molecule has 0 aliphatic heterocycles. The Morgan fingerprint density at radius 3 is 2.39 bits per heavy atom. The van der Waals surface area contributed by atoms with E-state index in [9.17, 15) is 4.79 Å². The van der Waals surface area contributed by atoms with Gasteiger partial charge in [-0.3, -0.25) is 4.79 Å². The van der Waals surface area contributed by atoms with Gasteiger partial charge in [0.05, 0.1) is 13.0 Å². The van der Waals surface area contributed by atoms with Crippen LogP contribution in [-0.4, -0.2) is 33.1 Å². The lowest BCUT2D eigenvalue weighted by Gasteiger charge is -2.34. The molecule has 0 heterocycles. The van der Waals surface area contributed by atoms with Crippen molar-refractivity contribution in [1.82, 2.24) is 0 Å². The summed E-state index contributed by atoms with van der Waals surface area (Å²) in [6.07, 6.45) is 5.94. The highest BCUT2D eigenvalue weighted by molar-refractivity contribution is 5.73. The van der Waals surface area contributed by atoms with Crippen LogP contribution in [0.4, 0.5) is 0 Å². The molecule has 0 aromatic heterocycles. The lowest BCUT2D eigenvalue weighted by atomic mass is 9.87. The number of unbranched alkanes of at least 4 members (excludes halogenated alkanes) is 2. The van der Waals surface area contributed by atoms with Gasteiger partial charge in [-0.1, -0.05) is 26.2 Å². The molecule has 1 fully saturated rings. The van der Waals surface area contributed by atoms with E-state index in [1.165, 1.54) is 20.0 Å². The van der Waals surface area contributed by atoms with Crippen LogP contribution in [0.3, 0.4) is 0 Å². The highest BCUT2D eigenvalue weighted by Gasteiger charge is 2.51. The Hall–Kier alpha value is -0.610. The highest BCUT2D eigenvalue weighted by atomic mass is 16.7. The topological polar surface area (TPSA) is 44.8 Å². The van der Waals surface area contributed by atoms with Crippen molar-refractivity contribution in [3.05, 3.63) is 0 Å². The van der Waals surface area contributed by atoms with E-state index in [4.69, 9.17) is 14.2 Å². The van der Waals surface area contributed by atoms with Crippen molar-refractivity contribution in [2.75, 3.05) is 21.3 Å². The molecule has 1 aliphatic carbocycles. The first-order chi connectivity index (χ1) is 8.65. The zero-order valence-corrected chi connectivity index (χ0v) is 12.0. The number of ether oxygens (including phenoxy) is 3. The van der Waals surface area contributed by atoms with Crippen LogP contribution in [0.1, 0.15) is 45.4 Å². The van der Waals surface area contributed by atoms with Gasteiger partial charge >= 0.3 is 5.97 Å². The molecule has 1 aliphatic rings. The Balaban J connectivity index is 2.78. The Morgan fingerprint density at radius 2 is 1.89 bits per heavy atom. The molecular formula is C14H26O4. The van der Waals surface area contributed by atoms with Gasteiger partial charge in [0.2, 0.25) is 0 Å². The molecule has 4 nitrogen and oxygen atoms in total. The minimum atomic E-state index is -0.605. The first-order valence-corrected chi connectivity index (χ1v) is 6.83. The lowest BCUT2D eigenvalue weighted by Crippen LogP contribution is -2.41. The molecule has 0 amide bonds. The predicted molar refractivity (Wildman–Crippen MR) is 69.1 cm³/mol. The molecule has 0 spiro atoms. The van der Waals surface area contributed by atoms with E-state index in [2.05, 4.69) is 6.92 Å². The second-order valence-electron chi connectivity index (χ2n) is 4.99. The van der Waals surface area contributed by atoms with Crippen LogP contribution >= 0.6 is 0 Å². The smallest absolute Gasteiger partial charge is 0.309 e. The summed E-state index contributed by atoms with van der Waals surface area (Å²) in [6.45, 7) is 2.17. The van der Waals surface area contributed by atoms with Gasteiger partial charge in [0.1, 0.15) is 0 Å². The van der Waals surface area contributed by atoms with Crippen molar-refractivity contribution in [2.24, 2.45) is 11.8 Å². The molecule has 0 bridgehead atoms. The van der Waals surface area contributed by atoms with Crippen molar-refractivity contribution >= 4 is 5.97 Å². The van der Waals surface area contributed by atoms with Gasteiger partial charge in [-0.15, -0.1) is 0 Å². The fourth-order valence-electron chi connectivity index (χ4n) is 3.11. The summed E-state index contributed by atoms with van der Waals surface area (Å²) in [4.78, 5) is 11.8. The number of methoxy groups -OCH3 is 3. The van der Waals surface area contributed by atoms with Crippen LogP contribution in [0.2, 0.25) is 0 Å². The molecule has 0 saturated heterocycles. The maximum Gasteiger partial charge on any atom is 0.309 e. The molecule has 18 heavy (non-hydrogen) atoms. The maximum absolute atomic E-state index is 11.8. The zero-order chi connectivity index (χ0) is 13.6. The van der Waals surface area contributed by atoms with Crippen molar-refractivity contribution in [3.63, 3.8) is 0 Å². The van der Waals surface area contributed by atoms with Crippen LogP contribution in [0.15, 0.2) is 0 Å². The molecule has 0 aromatic rings.